The number of carbonyl (C=O) groups excluding carboxylic acids is 1. The highest BCUT2D eigenvalue weighted by Crippen LogP contribution is 2.23. The zero-order valence-electron chi connectivity index (χ0n) is 11.6. The Bertz CT molecular complexity index is 491. The van der Waals surface area contributed by atoms with Crippen LogP contribution in [0.4, 0.5) is 5.69 Å². The van der Waals surface area contributed by atoms with Gasteiger partial charge in [0.1, 0.15) is 5.75 Å². The number of carbonyl (C=O) groups is 1. The van der Waals surface area contributed by atoms with Gasteiger partial charge in [0.2, 0.25) is 5.91 Å². The molecule has 0 aliphatic rings. The van der Waals surface area contributed by atoms with Crippen LogP contribution in [0.2, 0.25) is 0 Å². The van der Waals surface area contributed by atoms with Crippen LogP contribution in [0.3, 0.4) is 0 Å². The zero-order chi connectivity index (χ0) is 15.1. The Morgan fingerprint density at radius 2 is 2.25 bits per heavy atom. The number of hydrogen-bond donors (Lipinski definition) is 2. The molecule has 0 heterocycles. The molecule has 20 heavy (non-hydrogen) atoms. The molecule has 0 saturated heterocycles. The summed E-state index contributed by atoms with van der Waals surface area (Å²) in [7, 11) is 0. The van der Waals surface area contributed by atoms with Crippen molar-refractivity contribution < 1.29 is 14.5 Å². The molecule has 1 rings (SSSR count). The lowest BCUT2D eigenvalue weighted by molar-refractivity contribution is -0.384. The molecule has 0 saturated carbocycles. The normalized spacial score (nSPS) is 11.9. The number of nitrogens with zero attached hydrogens (tertiary/aromatic N) is 1. The quantitative estimate of drug-likeness (QED) is 0.548. The first-order valence-corrected chi connectivity index (χ1v) is 6.36. The summed E-state index contributed by atoms with van der Waals surface area (Å²) in [6.45, 7) is 4.57. The standard InChI is InChI=1S/C13H19N3O4/c1-3-15-11(13(14)17)6-7-20-12-5-4-10(16(18)19)8-9(12)2/h4-5,8,11,15H,3,6-7H2,1-2H3,(H2,14,17). The summed E-state index contributed by atoms with van der Waals surface area (Å²) in [5, 5.41) is 13.6. The lowest BCUT2D eigenvalue weighted by Crippen LogP contribution is -2.42. The molecule has 0 fully saturated rings. The predicted octanol–water partition coefficient (Wildman–Crippen LogP) is 1.14. The van der Waals surface area contributed by atoms with E-state index < -0.39 is 16.9 Å². The van der Waals surface area contributed by atoms with Crippen molar-refractivity contribution in [2.24, 2.45) is 5.73 Å². The fraction of sp³-hybridized carbons (Fsp3) is 0.462. The number of nitro groups is 1. The number of amides is 1. The molecule has 1 amide bonds. The average molecular weight is 281 g/mol. The number of nitrogens with one attached hydrogen (secondary N) is 1. The molecule has 0 aromatic heterocycles. The molecule has 0 spiro atoms. The molecular formula is C13H19N3O4. The van der Waals surface area contributed by atoms with Crippen LogP contribution in [0.25, 0.3) is 0 Å². The van der Waals surface area contributed by atoms with Crippen molar-refractivity contribution in [2.45, 2.75) is 26.3 Å². The number of ether oxygens (including phenoxy) is 1. The minimum atomic E-state index is -0.453. The molecule has 0 radical (unpaired) electrons. The lowest BCUT2D eigenvalue weighted by atomic mass is 10.2. The van der Waals surface area contributed by atoms with Crippen LogP contribution in [0, 0.1) is 17.0 Å². The Morgan fingerprint density at radius 1 is 1.55 bits per heavy atom. The van der Waals surface area contributed by atoms with E-state index >= 15 is 0 Å². The maximum Gasteiger partial charge on any atom is 0.269 e. The van der Waals surface area contributed by atoms with Crippen molar-refractivity contribution in [3.63, 3.8) is 0 Å². The largest absolute Gasteiger partial charge is 0.493 e. The average Bonchev–Trinajstić information content (AvgIpc) is 2.39. The van der Waals surface area contributed by atoms with Gasteiger partial charge >= 0.3 is 0 Å². The number of rotatable bonds is 8. The monoisotopic (exact) mass is 281 g/mol. The van der Waals surface area contributed by atoms with Gasteiger partial charge in [-0.2, -0.15) is 0 Å². The highest BCUT2D eigenvalue weighted by atomic mass is 16.6. The molecule has 110 valence electrons. The van der Waals surface area contributed by atoms with E-state index in [9.17, 15) is 14.9 Å². The molecule has 1 atom stereocenters. The summed E-state index contributed by atoms with van der Waals surface area (Å²) < 4.78 is 5.53. The van der Waals surface area contributed by atoms with Crippen LogP contribution in [0.15, 0.2) is 18.2 Å². The van der Waals surface area contributed by atoms with E-state index in [1.54, 1.807) is 13.0 Å². The first-order valence-electron chi connectivity index (χ1n) is 6.36. The topological polar surface area (TPSA) is 107 Å². The third-order valence-corrected chi connectivity index (χ3v) is 2.83. The molecule has 3 N–H and O–H groups in total. The van der Waals surface area contributed by atoms with E-state index in [-0.39, 0.29) is 5.69 Å². The van der Waals surface area contributed by atoms with E-state index in [4.69, 9.17) is 10.5 Å². The second-order valence-electron chi connectivity index (χ2n) is 4.36. The maximum atomic E-state index is 11.1. The second-order valence-corrected chi connectivity index (χ2v) is 4.36. The van der Waals surface area contributed by atoms with Crippen LogP contribution in [-0.2, 0) is 4.79 Å². The summed E-state index contributed by atoms with van der Waals surface area (Å²) in [5.41, 5.74) is 5.96. The summed E-state index contributed by atoms with van der Waals surface area (Å²) in [4.78, 5) is 21.3. The van der Waals surface area contributed by atoms with Crippen LogP contribution >= 0.6 is 0 Å². The van der Waals surface area contributed by atoms with E-state index in [0.717, 1.165) is 0 Å². The SMILES string of the molecule is CCNC(CCOc1ccc([N+](=O)[O-])cc1C)C(N)=O. The number of nitrogens with two attached hydrogens (primary N) is 1. The van der Waals surface area contributed by atoms with E-state index in [1.165, 1.54) is 12.1 Å². The summed E-state index contributed by atoms with van der Waals surface area (Å²) in [6.07, 6.45) is 0.444. The van der Waals surface area contributed by atoms with Crippen LogP contribution in [0.1, 0.15) is 18.9 Å². The molecule has 0 aliphatic carbocycles. The Morgan fingerprint density at radius 3 is 2.75 bits per heavy atom. The van der Waals surface area contributed by atoms with Crippen molar-refractivity contribution in [3.8, 4) is 5.75 Å². The van der Waals surface area contributed by atoms with E-state index in [0.29, 0.717) is 30.9 Å². The smallest absolute Gasteiger partial charge is 0.269 e. The Kier molecular flexibility index (Phi) is 5.92. The first-order chi connectivity index (χ1) is 9.45. The van der Waals surface area contributed by atoms with Gasteiger partial charge in [-0.25, -0.2) is 0 Å². The zero-order valence-corrected chi connectivity index (χ0v) is 11.6. The van der Waals surface area contributed by atoms with Crippen molar-refractivity contribution >= 4 is 11.6 Å². The number of hydrogen-bond acceptors (Lipinski definition) is 5. The van der Waals surface area contributed by atoms with Gasteiger partial charge in [0.05, 0.1) is 17.6 Å². The van der Waals surface area contributed by atoms with Gasteiger partial charge in [0, 0.05) is 18.6 Å². The minimum absolute atomic E-state index is 0.0255. The van der Waals surface area contributed by atoms with Crippen molar-refractivity contribution in [1.82, 2.24) is 5.32 Å². The summed E-state index contributed by atoms with van der Waals surface area (Å²) in [6, 6.07) is 3.96. The van der Waals surface area contributed by atoms with Crippen LogP contribution < -0.4 is 15.8 Å². The number of non-ortho nitro benzene ring substituents is 1. The van der Waals surface area contributed by atoms with Gasteiger partial charge in [0.25, 0.3) is 5.69 Å². The molecule has 7 nitrogen and oxygen atoms in total. The van der Waals surface area contributed by atoms with Gasteiger partial charge in [-0.3, -0.25) is 14.9 Å². The molecule has 7 heteroatoms. The number of primary amides is 1. The van der Waals surface area contributed by atoms with Crippen LogP contribution in [-0.4, -0.2) is 30.0 Å². The van der Waals surface area contributed by atoms with Gasteiger partial charge in [-0.1, -0.05) is 6.92 Å². The summed E-state index contributed by atoms with van der Waals surface area (Å²) in [5.74, 6) is 0.145. The van der Waals surface area contributed by atoms with Gasteiger partial charge in [-0.05, 0) is 25.1 Å². The van der Waals surface area contributed by atoms with Gasteiger partial charge in [0.15, 0.2) is 0 Å². The first kappa shape index (κ1) is 15.9. The van der Waals surface area contributed by atoms with Crippen molar-refractivity contribution in [1.29, 1.82) is 0 Å². The minimum Gasteiger partial charge on any atom is -0.493 e. The number of benzene rings is 1. The van der Waals surface area contributed by atoms with Crippen LogP contribution in [0.5, 0.6) is 5.75 Å². The van der Waals surface area contributed by atoms with E-state index in [1.807, 2.05) is 6.92 Å². The van der Waals surface area contributed by atoms with Crippen molar-refractivity contribution in [2.75, 3.05) is 13.2 Å². The number of aryl methyl sites for hydroxylation is 1. The molecular weight excluding hydrogens is 262 g/mol. The Labute approximate surface area is 117 Å². The molecule has 1 aromatic carbocycles. The van der Waals surface area contributed by atoms with Gasteiger partial charge < -0.3 is 15.8 Å². The van der Waals surface area contributed by atoms with E-state index in [2.05, 4.69) is 5.32 Å². The molecule has 0 bridgehead atoms. The Hall–Kier alpha value is -2.15. The highest BCUT2D eigenvalue weighted by Gasteiger charge is 2.14. The third kappa shape index (κ3) is 4.51. The summed E-state index contributed by atoms with van der Waals surface area (Å²) >= 11 is 0. The molecule has 1 aromatic rings. The van der Waals surface area contributed by atoms with Gasteiger partial charge in [-0.15, -0.1) is 0 Å². The number of likely N-dealkylation sites (N-methyl/N-ethyl adjacent to an activating group) is 1. The highest BCUT2D eigenvalue weighted by molar-refractivity contribution is 5.79. The third-order valence-electron chi connectivity index (χ3n) is 2.83. The maximum absolute atomic E-state index is 11.1. The lowest BCUT2D eigenvalue weighted by Gasteiger charge is -2.15. The second kappa shape index (κ2) is 7.44. The van der Waals surface area contributed by atoms with Crippen molar-refractivity contribution in [3.05, 3.63) is 33.9 Å². The fourth-order valence-corrected chi connectivity index (χ4v) is 1.79. The molecule has 0 aliphatic heterocycles. The fourth-order valence-electron chi connectivity index (χ4n) is 1.79. The number of nitro benzene ring substituents is 1. The molecule has 1 unspecified atom stereocenters. The Balaban J connectivity index is 2.57. The predicted molar refractivity (Wildman–Crippen MR) is 74.6 cm³/mol.